The van der Waals surface area contributed by atoms with Gasteiger partial charge in [-0.05, 0) is 44.2 Å². The molecule has 0 radical (unpaired) electrons. The number of carbonyl (C=O) groups is 2. The second-order valence-electron chi connectivity index (χ2n) is 5.96. The molecule has 0 aliphatic heterocycles. The summed E-state index contributed by atoms with van der Waals surface area (Å²) in [6, 6.07) is 11.2. The summed E-state index contributed by atoms with van der Waals surface area (Å²) >= 11 is 0. The van der Waals surface area contributed by atoms with Crippen LogP contribution in [0.5, 0.6) is 0 Å². The van der Waals surface area contributed by atoms with Crippen molar-refractivity contribution in [3.8, 4) is 0 Å². The number of anilines is 1. The van der Waals surface area contributed by atoms with E-state index in [2.05, 4.69) is 15.8 Å². The molecule has 0 heterocycles. The summed E-state index contributed by atoms with van der Waals surface area (Å²) in [7, 11) is 0. The molecule has 0 spiro atoms. The third kappa shape index (κ3) is 6.25. The monoisotopic (exact) mass is 377 g/mol. The third-order valence-electron chi connectivity index (χ3n) is 3.55. The molecule has 0 unspecified atom stereocenters. The Labute approximate surface area is 154 Å². The predicted molar refractivity (Wildman–Crippen MR) is 96.4 cm³/mol. The summed E-state index contributed by atoms with van der Waals surface area (Å²) in [4.78, 5) is 23.9. The van der Waals surface area contributed by atoms with Gasteiger partial charge in [-0.25, -0.2) is 5.43 Å². The summed E-state index contributed by atoms with van der Waals surface area (Å²) < 4.78 is 38.0. The SMILES string of the molecule is CC(CC(=O)Nc1cccc(C(F)(F)F)c1)=NNC(=O)c1ccc(C)cc1. The number of halogens is 3. The molecule has 0 atom stereocenters. The lowest BCUT2D eigenvalue weighted by atomic mass is 10.1. The zero-order valence-electron chi connectivity index (χ0n) is 14.7. The van der Waals surface area contributed by atoms with Crippen molar-refractivity contribution < 1.29 is 22.8 Å². The number of aryl methyl sites for hydroxylation is 1. The Morgan fingerprint density at radius 3 is 2.37 bits per heavy atom. The normalized spacial score (nSPS) is 11.8. The smallest absolute Gasteiger partial charge is 0.326 e. The molecule has 2 N–H and O–H groups in total. The molecule has 0 saturated heterocycles. The van der Waals surface area contributed by atoms with Gasteiger partial charge in [0, 0.05) is 17.0 Å². The van der Waals surface area contributed by atoms with E-state index in [4.69, 9.17) is 0 Å². The molecule has 8 heteroatoms. The van der Waals surface area contributed by atoms with Crippen molar-refractivity contribution >= 4 is 23.2 Å². The molecule has 27 heavy (non-hydrogen) atoms. The number of hydrazone groups is 1. The van der Waals surface area contributed by atoms with Crippen LogP contribution in [-0.2, 0) is 11.0 Å². The minimum absolute atomic E-state index is 0.0336. The maximum atomic E-state index is 12.7. The Bertz CT molecular complexity index is 859. The first-order valence-electron chi connectivity index (χ1n) is 8.02. The molecular weight excluding hydrogens is 359 g/mol. The molecule has 0 saturated carbocycles. The van der Waals surface area contributed by atoms with Crippen molar-refractivity contribution in [3.05, 3.63) is 65.2 Å². The van der Waals surface area contributed by atoms with Crippen LogP contribution < -0.4 is 10.7 Å². The van der Waals surface area contributed by atoms with Gasteiger partial charge in [0.15, 0.2) is 0 Å². The van der Waals surface area contributed by atoms with E-state index in [0.29, 0.717) is 11.3 Å². The predicted octanol–water partition coefficient (Wildman–Crippen LogP) is 4.15. The number of rotatable bonds is 5. The molecular formula is C19H18F3N3O2. The number of amides is 2. The van der Waals surface area contributed by atoms with Gasteiger partial charge >= 0.3 is 6.18 Å². The Morgan fingerprint density at radius 2 is 1.74 bits per heavy atom. The molecule has 2 aromatic carbocycles. The lowest BCUT2D eigenvalue weighted by Crippen LogP contribution is -2.21. The van der Waals surface area contributed by atoms with E-state index in [0.717, 1.165) is 17.7 Å². The average Bonchev–Trinajstić information content (AvgIpc) is 2.59. The molecule has 142 valence electrons. The molecule has 0 aromatic heterocycles. The molecule has 0 aliphatic carbocycles. The zero-order chi connectivity index (χ0) is 20.0. The van der Waals surface area contributed by atoms with Crippen LogP contribution in [-0.4, -0.2) is 17.5 Å². The summed E-state index contributed by atoms with van der Waals surface area (Å²) in [5, 5.41) is 6.22. The first kappa shape index (κ1) is 20.2. The maximum Gasteiger partial charge on any atom is 0.416 e. The van der Waals surface area contributed by atoms with Crippen LogP contribution in [0.1, 0.15) is 34.8 Å². The summed E-state index contributed by atoms with van der Waals surface area (Å²) in [5.41, 5.74) is 3.26. The van der Waals surface area contributed by atoms with Gasteiger partial charge in [0.1, 0.15) is 0 Å². The topological polar surface area (TPSA) is 70.6 Å². The quantitative estimate of drug-likeness (QED) is 0.607. The van der Waals surface area contributed by atoms with Gasteiger partial charge < -0.3 is 5.32 Å². The second kappa shape index (κ2) is 8.48. The highest BCUT2D eigenvalue weighted by atomic mass is 19.4. The standard InChI is InChI=1S/C19H18F3N3O2/c1-12-6-8-14(9-7-12)18(27)25-24-13(2)10-17(26)23-16-5-3-4-15(11-16)19(20,21)22/h3-9,11H,10H2,1-2H3,(H,23,26)(H,25,27). The fourth-order valence-electron chi connectivity index (χ4n) is 2.17. The minimum atomic E-state index is -4.49. The van der Waals surface area contributed by atoms with Gasteiger partial charge in [0.05, 0.1) is 12.0 Å². The third-order valence-corrected chi connectivity index (χ3v) is 3.55. The van der Waals surface area contributed by atoms with Crippen molar-refractivity contribution in [2.45, 2.75) is 26.4 Å². The fraction of sp³-hybridized carbons (Fsp3) is 0.211. The lowest BCUT2D eigenvalue weighted by molar-refractivity contribution is -0.137. The molecule has 2 amide bonds. The number of alkyl halides is 3. The van der Waals surface area contributed by atoms with E-state index in [9.17, 15) is 22.8 Å². The van der Waals surface area contributed by atoms with E-state index >= 15 is 0 Å². The molecule has 0 fully saturated rings. The summed E-state index contributed by atoms with van der Waals surface area (Å²) in [5.74, 6) is -0.965. The Kier molecular flexibility index (Phi) is 6.33. The number of hydrogen-bond acceptors (Lipinski definition) is 3. The molecule has 0 bridgehead atoms. The van der Waals surface area contributed by atoms with Gasteiger partial charge in [-0.3, -0.25) is 9.59 Å². The van der Waals surface area contributed by atoms with Crippen LogP contribution in [0.2, 0.25) is 0 Å². The van der Waals surface area contributed by atoms with Crippen molar-refractivity contribution in [1.82, 2.24) is 5.43 Å². The minimum Gasteiger partial charge on any atom is -0.326 e. The van der Waals surface area contributed by atoms with Crippen molar-refractivity contribution in [1.29, 1.82) is 0 Å². The van der Waals surface area contributed by atoms with Gasteiger partial charge in [-0.15, -0.1) is 0 Å². The van der Waals surface area contributed by atoms with Crippen LogP contribution in [0, 0.1) is 6.92 Å². The highest BCUT2D eigenvalue weighted by Gasteiger charge is 2.30. The van der Waals surface area contributed by atoms with Crippen LogP contribution >= 0.6 is 0 Å². The van der Waals surface area contributed by atoms with Crippen LogP contribution in [0.4, 0.5) is 18.9 Å². The van der Waals surface area contributed by atoms with Crippen molar-refractivity contribution in [2.75, 3.05) is 5.32 Å². The van der Waals surface area contributed by atoms with E-state index in [1.807, 2.05) is 6.92 Å². The largest absolute Gasteiger partial charge is 0.416 e. The Balaban J connectivity index is 1.92. The summed E-state index contributed by atoms with van der Waals surface area (Å²) in [6.07, 6.45) is -4.66. The van der Waals surface area contributed by atoms with Crippen LogP contribution in [0.25, 0.3) is 0 Å². The Morgan fingerprint density at radius 1 is 1.07 bits per heavy atom. The molecule has 2 aromatic rings. The fourth-order valence-corrected chi connectivity index (χ4v) is 2.17. The van der Waals surface area contributed by atoms with E-state index in [-0.39, 0.29) is 12.1 Å². The van der Waals surface area contributed by atoms with Gasteiger partial charge in [-0.2, -0.15) is 18.3 Å². The van der Waals surface area contributed by atoms with E-state index in [1.54, 1.807) is 24.3 Å². The number of nitrogens with one attached hydrogen (secondary N) is 2. The van der Waals surface area contributed by atoms with Crippen LogP contribution in [0.15, 0.2) is 53.6 Å². The maximum absolute atomic E-state index is 12.7. The molecule has 0 aliphatic rings. The Hall–Kier alpha value is -3.16. The number of nitrogens with zero attached hydrogens (tertiary/aromatic N) is 1. The number of carbonyl (C=O) groups excluding carboxylic acids is 2. The lowest BCUT2D eigenvalue weighted by Gasteiger charge is -2.10. The number of hydrogen-bond donors (Lipinski definition) is 2. The highest BCUT2D eigenvalue weighted by molar-refractivity contribution is 6.06. The van der Waals surface area contributed by atoms with Crippen molar-refractivity contribution in [2.24, 2.45) is 5.10 Å². The molecule has 5 nitrogen and oxygen atoms in total. The van der Waals surface area contributed by atoms with E-state index < -0.39 is 23.6 Å². The highest BCUT2D eigenvalue weighted by Crippen LogP contribution is 2.30. The summed E-state index contributed by atoms with van der Waals surface area (Å²) in [6.45, 7) is 3.42. The first-order chi connectivity index (χ1) is 12.6. The van der Waals surface area contributed by atoms with Gasteiger partial charge in [0.2, 0.25) is 5.91 Å². The number of benzene rings is 2. The first-order valence-corrected chi connectivity index (χ1v) is 8.02. The van der Waals surface area contributed by atoms with Crippen molar-refractivity contribution in [3.63, 3.8) is 0 Å². The van der Waals surface area contributed by atoms with Gasteiger partial charge in [-0.1, -0.05) is 23.8 Å². The van der Waals surface area contributed by atoms with Gasteiger partial charge in [0.25, 0.3) is 5.91 Å². The average molecular weight is 377 g/mol. The molecule has 2 rings (SSSR count). The zero-order valence-corrected chi connectivity index (χ0v) is 14.7. The van der Waals surface area contributed by atoms with E-state index in [1.165, 1.54) is 19.1 Å². The van der Waals surface area contributed by atoms with Crippen LogP contribution in [0.3, 0.4) is 0 Å². The second-order valence-corrected chi connectivity index (χ2v) is 5.96.